The van der Waals surface area contributed by atoms with Crippen LogP contribution in [0, 0.1) is 0 Å². The third-order valence-electron chi connectivity index (χ3n) is 4.67. The number of benzene rings is 1. The predicted molar refractivity (Wildman–Crippen MR) is 122 cm³/mol. The number of alkyl halides is 3. The first-order chi connectivity index (χ1) is 16.6. The molecule has 0 bridgehead atoms. The number of rotatable bonds is 3. The van der Waals surface area contributed by atoms with Crippen LogP contribution in [0.5, 0.6) is 0 Å². The topological polar surface area (TPSA) is 125 Å². The highest BCUT2D eigenvalue weighted by atomic mass is 32.1. The molecule has 184 valence electrons. The van der Waals surface area contributed by atoms with Crippen molar-refractivity contribution in [2.75, 3.05) is 23.7 Å². The number of halogens is 3. The van der Waals surface area contributed by atoms with E-state index in [4.69, 9.17) is 9.90 Å². The molecule has 0 fully saturated rings. The molecule has 3 heterocycles. The van der Waals surface area contributed by atoms with E-state index in [0.29, 0.717) is 36.6 Å². The summed E-state index contributed by atoms with van der Waals surface area (Å²) in [6, 6.07) is 12.8. The molecule has 2 aromatic heterocycles. The van der Waals surface area contributed by atoms with E-state index in [0.717, 1.165) is 16.3 Å². The number of amides is 3. The second kappa shape index (κ2) is 11.4. The monoisotopic (exact) mass is 507 g/mol. The van der Waals surface area contributed by atoms with E-state index < -0.39 is 12.1 Å². The van der Waals surface area contributed by atoms with Crippen molar-refractivity contribution >= 4 is 40.6 Å². The van der Waals surface area contributed by atoms with Crippen molar-refractivity contribution in [1.82, 2.24) is 14.9 Å². The van der Waals surface area contributed by atoms with E-state index in [1.807, 2.05) is 30.3 Å². The molecule has 0 spiro atoms. The van der Waals surface area contributed by atoms with Crippen LogP contribution < -0.4 is 10.6 Å². The molecular formula is C22H20F3N5O4S. The highest BCUT2D eigenvalue weighted by molar-refractivity contribution is 7.13. The fourth-order valence-corrected chi connectivity index (χ4v) is 4.00. The van der Waals surface area contributed by atoms with Crippen LogP contribution in [0.25, 0.3) is 0 Å². The number of carboxylic acid groups (broad SMARTS) is 1. The zero-order chi connectivity index (χ0) is 25.4. The second-order valence-electron chi connectivity index (χ2n) is 7.17. The number of carboxylic acids is 1. The number of carbonyl (C=O) groups excluding carboxylic acids is 2. The number of nitrogens with zero attached hydrogens (tertiary/aromatic N) is 3. The number of pyridine rings is 1. The van der Waals surface area contributed by atoms with Crippen molar-refractivity contribution in [1.29, 1.82) is 0 Å². The second-order valence-corrected chi connectivity index (χ2v) is 8.25. The lowest BCUT2D eigenvalue weighted by Crippen LogP contribution is -2.36. The van der Waals surface area contributed by atoms with Crippen molar-refractivity contribution in [2.24, 2.45) is 0 Å². The molecule has 3 amide bonds. The van der Waals surface area contributed by atoms with Gasteiger partial charge in [0.25, 0.3) is 5.91 Å². The predicted octanol–water partition coefficient (Wildman–Crippen LogP) is 4.06. The van der Waals surface area contributed by atoms with Gasteiger partial charge in [0.1, 0.15) is 0 Å². The van der Waals surface area contributed by atoms with E-state index in [-0.39, 0.29) is 11.9 Å². The lowest BCUT2D eigenvalue weighted by Gasteiger charge is -2.20. The number of urea groups is 1. The summed E-state index contributed by atoms with van der Waals surface area (Å²) in [5, 5.41) is 13.3. The van der Waals surface area contributed by atoms with Gasteiger partial charge in [-0.2, -0.15) is 13.2 Å². The standard InChI is InChI=1S/C20H19N5O2S.C2HF3O2/c26-18(22-15-7-4-10-21-13-15)19-24-16-8-11-25(12-9-17(16)28-19)20(27)23-14-5-2-1-3-6-14;3-2(4,5)1(6)7/h1-7,10,13H,8-9,11-12H2,(H,22,26)(H,23,27);(H,6,7). The Morgan fingerprint density at radius 2 is 1.63 bits per heavy atom. The summed E-state index contributed by atoms with van der Waals surface area (Å²) in [5.41, 5.74) is 2.32. The number of nitrogens with one attached hydrogen (secondary N) is 2. The molecule has 0 saturated heterocycles. The van der Waals surface area contributed by atoms with Crippen molar-refractivity contribution < 1.29 is 32.7 Å². The molecule has 0 aliphatic carbocycles. The number of carbonyl (C=O) groups is 3. The van der Waals surface area contributed by atoms with Gasteiger partial charge in [0, 0.05) is 42.7 Å². The van der Waals surface area contributed by atoms with Crippen molar-refractivity contribution in [2.45, 2.75) is 19.0 Å². The summed E-state index contributed by atoms with van der Waals surface area (Å²) in [4.78, 5) is 45.2. The minimum Gasteiger partial charge on any atom is -0.475 e. The van der Waals surface area contributed by atoms with Crippen molar-refractivity contribution in [3.05, 3.63) is 70.4 Å². The Balaban J connectivity index is 0.000000429. The first-order valence-electron chi connectivity index (χ1n) is 10.2. The zero-order valence-electron chi connectivity index (χ0n) is 18.1. The molecule has 9 nitrogen and oxygen atoms in total. The summed E-state index contributed by atoms with van der Waals surface area (Å²) in [6.07, 6.45) is -0.510. The lowest BCUT2D eigenvalue weighted by molar-refractivity contribution is -0.192. The fraction of sp³-hybridized carbons (Fsp3) is 0.227. The molecule has 1 aliphatic heterocycles. The molecule has 1 aliphatic rings. The minimum absolute atomic E-state index is 0.115. The van der Waals surface area contributed by atoms with E-state index >= 15 is 0 Å². The third-order valence-corrected chi connectivity index (χ3v) is 5.83. The number of aromatic nitrogens is 2. The maximum atomic E-state index is 12.5. The summed E-state index contributed by atoms with van der Waals surface area (Å²) in [5.74, 6) is -2.99. The van der Waals surface area contributed by atoms with Gasteiger partial charge in [-0.1, -0.05) is 18.2 Å². The largest absolute Gasteiger partial charge is 0.490 e. The summed E-state index contributed by atoms with van der Waals surface area (Å²) in [7, 11) is 0. The van der Waals surface area contributed by atoms with Gasteiger partial charge in [-0.25, -0.2) is 14.6 Å². The smallest absolute Gasteiger partial charge is 0.475 e. The van der Waals surface area contributed by atoms with Gasteiger partial charge < -0.3 is 20.6 Å². The van der Waals surface area contributed by atoms with Crippen LogP contribution in [0.15, 0.2) is 54.9 Å². The average Bonchev–Trinajstić information content (AvgIpc) is 3.13. The van der Waals surface area contributed by atoms with Crippen molar-refractivity contribution in [3.8, 4) is 0 Å². The number of hydrogen-bond donors (Lipinski definition) is 3. The lowest BCUT2D eigenvalue weighted by atomic mass is 10.2. The number of aliphatic carboxylic acids is 1. The number of para-hydroxylation sites is 1. The maximum absolute atomic E-state index is 12.5. The Labute approximate surface area is 201 Å². The number of fused-ring (bicyclic) bond motifs is 1. The van der Waals surface area contributed by atoms with Crippen LogP contribution >= 0.6 is 11.3 Å². The van der Waals surface area contributed by atoms with Crippen LogP contribution in [0.3, 0.4) is 0 Å². The zero-order valence-corrected chi connectivity index (χ0v) is 18.9. The van der Waals surface area contributed by atoms with Gasteiger partial charge in [-0.3, -0.25) is 9.78 Å². The molecule has 0 saturated carbocycles. The fourth-order valence-electron chi connectivity index (χ4n) is 3.01. The quantitative estimate of drug-likeness (QED) is 0.491. The third kappa shape index (κ3) is 7.50. The molecule has 35 heavy (non-hydrogen) atoms. The van der Waals surface area contributed by atoms with Crippen LogP contribution in [-0.4, -0.2) is 57.1 Å². The SMILES string of the molecule is O=C(Nc1cccnc1)c1nc2c(s1)CCN(C(=O)Nc1ccccc1)CC2.O=C(O)C(F)(F)F. The molecule has 0 radical (unpaired) electrons. The normalized spacial score (nSPS) is 12.9. The van der Waals surface area contributed by atoms with Crippen LogP contribution in [0.2, 0.25) is 0 Å². The molecular weight excluding hydrogens is 487 g/mol. The van der Waals surface area contributed by atoms with E-state index in [1.165, 1.54) is 11.3 Å². The Hall–Kier alpha value is -4.00. The van der Waals surface area contributed by atoms with Gasteiger partial charge in [-0.05, 0) is 24.3 Å². The van der Waals surface area contributed by atoms with Crippen LogP contribution in [-0.2, 0) is 17.6 Å². The Kier molecular flexibility index (Phi) is 8.36. The molecule has 13 heteroatoms. The molecule has 4 rings (SSSR count). The average molecular weight is 507 g/mol. The Bertz CT molecular complexity index is 1150. The van der Waals surface area contributed by atoms with Gasteiger partial charge in [0.15, 0.2) is 5.01 Å². The summed E-state index contributed by atoms with van der Waals surface area (Å²) >= 11 is 1.39. The van der Waals surface area contributed by atoms with Gasteiger partial charge >= 0.3 is 18.2 Å². The maximum Gasteiger partial charge on any atom is 0.490 e. The van der Waals surface area contributed by atoms with E-state index in [1.54, 1.807) is 29.4 Å². The van der Waals surface area contributed by atoms with E-state index in [9.17, 15) is 22.8 Å². The Morgan fingerprint density at radius 3 is 2.26 bits per heavy atom. The highest BCUT2D eigenvalue weighted by Gasteiger charge is 2.38. The number of anilines is 2. The van der Waals surface area contributed by atoms with Gasteiger partial charge in [0.05, 0.1) is 17.6 Å². The highest BCUT2D eigenvalue weighted by Crippen LogP contribution is 2.24. The van der Waals surface area contributed by atoms with Crippen molar-refractivity contribution in [3.63, 3.8) is 0 Å². The Morgan fingerprint density at radius 1 is 0.971 bits per heavy atom. The molecule has 3 aromatic rings. The van der Waals surface area contributed by atoms with Crippen LogP contribution in [0.4, 0.5) is 29.3 Å². The van der Waals surface area contributed by atoms with E-state index in [2.05, 4.69) is 20.6 Å². The first kappa shape index (κ1) is 25.6. The number of thiazole rings is 1. The molecule has 0 atom stereocenters. The molecule has 1 aromatic carbocycles. The summed E-state index contributed by atoms with van der Waals surface area (Å²) in [6.45, 7) is 1.16. The van der Waals surface area contributed by atoms with Gasteiger partial charge in [0.2, 0.25) is 0 Å². The number of hydrogen-bond acceptors (Lipinski definition) is 6. The summed E-state index contributed by atoms with van der Waals surface area (Å²) < 4.78 is 31.7. The van der Waals surface area contributed by atoms with Crippen LogP contribution in [0.1, 0.15) is 20.4 Å². The first-order valence-corrected chi connectivity index (χ1v) is 11.1. The van der Waals surface area contributed by atoms with Gasteiger partial charge in [-0.15, -0.1) is 11.3 Å². The minimum atomic E-state index is -5.08. The molecule has 3 N–H and O–H groups in total. The molecule has 0 unspecified atom stereocenters.